The van der Waals surface area contributed by atoms with Crippen LogP contribution in [0.1, 0.15) is 20.9 Å². The lowest BCUT2D eigenvalue weighted by Crippen LogP contribution is -2.12. The lowest BCUT2D eigenvalue weighted by atomic mass is 10.2. The number of carbonyl (C=O) groups is 1. The third-order valence-electron chi connectivity index (χ3n) is 2.21. The van der Waals surface area contributed by atoms with Gasteiger partial charge in [-0.3, -0.25) is 4.79 Å². The van der Waals surface area contributed by atoms with Crippen LogP contribution in [0.4, 0.5) is 5.69 Å². The van der Waals surface area contributed by atoms with Gasteiger partial charge in [-0.1, -0.05) is 20.4 Å². The molecule has 1 amide bonds. The highest BCUT2D eigenvalue weighted by Gasteiger charge is 2.14. The number of aryl methyl sites for hydroxylation is 1. The number of nitriles is 1. The van der Waals surface area contributed by atoms with Crippen molar-refractivity contribution in [2.45, 2.75) is 6.92 Å². The minimum absolute atomic E-state index is 0.304. The number of benzene rings is 1. The first-order chi connectivity index (χ1) is 8.61. The molecule has 7 heteroatoms. The molecule has 0 bridgehead atoms. The van der Waals surface area contributed by atoms with Crippen molar-refractivity contribution in [1.82, 2.24) is 9.59 Å². The van der Waals surface area contributed by atoms with Crippen LogP contribution in [-0.2, 0) is 0 Å². The predicted molar refractivity (Wildman–Crippen MR) is 71.5 cm³/mol. The predicted octanol–water partition coefficient (Wildman–Crippen LogP) is 2.73. The Kier molecular flexibility index (Phi) is 3.69. The number of nitrogens with one attached hydrogen (secondary N) is 1. The fraction of sp³-hybridized carbons (Fsp3) is 0.0909. The van der Waals surface area contributed by atoms with Gasteiger partial charge in [-0.2, -0.15) is 5.26 Å². The third kappa shape index (κ3) is 2.55. The highest BCUT2D eigenvalue weighted by Crippen LogP contribution is 2.21. The van der Waals surface area contributed by atoms with E-state index in [-0.39, 0.29) is 5.91 Å². The van der Waals surface area contributed by atoms with Crippen molar-refractivity contribution in [3.05, 3.63) is 38.8 Å². The summed E-state index contributed by atoms with van der Waals surface area (Å²) in [5, 5.41) is 15.4. The molecule has 0 unspecified atom stereocenters. The number of carbonyl (C=O) groups excluding carboxylic acids is 1. The summed E-state index contributed by atoms with van der Waals surface area (Å²) in [5.41, 5.74) is 1.44. The second-order valence-corrected chi connectivity index (χ2v) is 5.11. The maximum Gasteiger partial charge on any atom is 0.269 e. The average Bonchev–Trinajstić information content (AvgIpc) is 2.77. The van der Waals surface area contributed by atoms with E-state index in [0.29, 0.717) is 21.8 Å². The van der Waals surface area contributed by atoms with Crippen LogP contribution in [0.15, 0.2) is 22.7 Å². The molecule has 0 aliphatic rings. The first-order valence-corrected chi connectivity index (χ1v) is 6.48. The van der Waals surface area contributed by atoms with E-state index in [4.69, 9.17) is 5.26 Å². The zero-order valence-electron chi connectivity index (χ0n) is 9.27. The molecule has 0 aliphatic heterocycles. The Bertz CT molecular complexity index is 647. The molecule has 90 valence electrons. The first-order valence-electron chi connectivity index (χ1n) is 4.92. The highest BCUT2D eigenvalue weighted by molar-refractivity contribution is 9.10. The van der Waals surface area contributed by atoms with Crippen LogP contribution in [0, 0.1) is 18.3 Å². The Hall–Kier alpha value is -1.78. The van der Waals surface area contributed by atoms with Crippen molar-refractivity contribution >= 4 is 39.1 Å². The summed E-state index contributed by atoms with van der Waals surface area (Å²) in [4.78, 5) is 12.4. The number of rotatable bonds is 2. The van der Waals surface area contributed by atoms with Crippen LogP contribution in [0.25, 0.3) is 0 Å². The quantitative estimate of drug-likeness (QED) is 0.922. The summed E-state index contributed by atoms with van der Waals surface area (Å²) >= 11 is 4.30. The van der Waals surface area contributed by atoms with E-state index >= 15 is 0 Å². The number of amides is 1. The lowest BCUT2D eigenvalue weighted by molar-refractivity contribution is 0.103. The first kappa shape index (κ1) is 12.7. The molecule has 0 spiro atoms. The van der Waals surface area contributed by atoms with Crippen molar-refractivity contribution in [2.24, 2.45) is 0 Å². The van der Waals surface area contributed by atoms with E-state index in [1.165, 1.54) is 0 Å². The maximum atomic E-state index is 11.9. The Balaban J connectivity index is 2.28. The van der Waals surface area contributed by atoms with Crippen LogP contribution in [0.2, 0.25) is 0 Å². The Labute approximate surface area is 116 Å². The summed E-state index contributed by atoms with van der Waals surface area (Å²) in [6.07, 6.45) is 0. The molecule has 0 atom stereocenters. The van der Waals surface area contributed by atoms with Gasteiger partial charge in [0.2, 0.25) is 0 Å². The zero-order valence-corrected chi connectivity index (χ0v) is 11.7. The molecular formula is C11H7BrN4OS. The smallest absolute Gasteiger partial charge is 0.269 e. The molecule has 0 radical (unpaired) electrons. The van der Waals surface area contributed by atoms with E-state index in [9.17, 15) is 4.79 Å². The number of hydrogen-bond acceptors (Lipinski definition) is 5. The number of anilines is 1. The van der Waals surface area contributed by atoms with Crippen molar-refractivity contribution in [1.29, 1.82) is 5.26 Å². The van der Waals surface area contributed by atoms with Crippen LogP contribution in [-0.4, -0.2) is 15.5 Å². The summed E-state index contributed by atoms with van der Waals surface area (Å²) in [6.45, 7) is 1.71. The van der Waals surface area contributed by atoms with Crippen LogP contribution in [0.3, 0.4) is 0 Å². The fourth-order valence-electron chi connectivity index (χ4n) is 1.34. The van der Waals surface area contributed by atoms with Crippen LogP contribution in [0.5, 0.6) is 0 Å². The van der Waals surface area contributed by atoms with E-state index in [0.717, 1.165) is 16.0 Å². The zero-order chi connectivity index (χ0) is 13.1. The van der Waals surface area contributed by atoms with E-state index < -0.39 is 0 Å². The molecule has 0 saturated carbocycles. The van der Waals surface area contributed by atoms with Crippen molar-refractivity contribution in [2.75, 3.05) is 5.32 Å². The number of halogens is 1. The second kappa shape index (κ2) is 5.25. The molecule has 5 nitrogen and oxygen atoms in total. The number of nitrogens with zero attached hydrogens (tertiary/aromatic N) is 3. The third-order valence-corrected chi connectivity index (χ3v) is 3.53. The minimum atomic E-state index is -0.304. The lowest BCUT2D eigenvalue weighted by Gasteiger charge is -2.06. The SMILES string of the molecule is Cc1nnsc1C(=O)Nc1ccc(Br)cc1C#N. The van der Waals surface area contributed by atoms with Crippen molar-refractivity contribution < 1.29 is 4.79 Å². The number of aromatic nitrogens is 2. The summed E-state index contributed by atoms with van der Waals surface area (Å²) in [6, 6.07) is 7.10. The Morgan fingerprint density at radius 1 is 1.56 bits per heavy atom. The molecule has 1 aromatic heterocycles. The largest absolute Gasteiger partial charge is 0.320 e. The van der Waals surface area contributed by atoms with Crippen LogP contribution < -0.4 is 5.32 Å². The van der Waals surface area contributed by atoms with Gasteiger partial charge in [0.1, 0.15) is 10.9 Å². The van der Waals surface area contributed by atoms with Gasteiger partial charge < -0.3 is 5.32 Å². The molecule has 0 saturated heterocycles. The summed E-state index contributed by atoms with van der Waals surface area (Å²) in [7, 11) is 0. The average molecular weight is 323 g/mol. The van der Waals surface area contributed by atoms with E-state index in [1.807, 2.05) is 6.07 Å². The van der Waals surface area contributed by atoms with Gasteiger partial charge in [0, 0.05) is 4.47 Å². The van der Waals surface area contributed by atoms with E-state index in [2.05, 4.69) is 30.8 Å². The Morgan fingerprint density at radius 3 is 2.94 bits per heavy atom. The monoisotopic (exact) mass is 322 g/mol. The summed E-state index contributed by atoms with van der Waals surface area (Å²) in [5.74, 6) is -0.304. The second-order valence-electron chi connectivity index (χ2n) is 3.44. The molecule has 1 aromatic carbocycles. The van der Waals surface area contributed by atoms with Crippen molar-refractivity contribution in [3.63, 3.8) is 0 Å². The van der Waals surface area contributed by atoms with Gasteiger partial charge in [0.25, 0.3) is 5.91 Å². The number of hydrogen-bond donors (Lipinski definition) is 1. The van der Waals surface area contributed by atoms with E-state index in [1.54, 1.807) is 25.1 Å². The van der Waals surface area contributed by atoms with Gasteiger partial charge >= 0.3 is 0 Å². The van der Waals surface area contributed by atoms with Gasteiger partial charge in [-0.25, -0.2) is 0 Å². The standard InChI is InChI=1S/C11H7BrN4OS/c1-6-10(18-16-15-6)11(17)14-9-3-2-8(12)4-7(9)5-13/h2-4H,1H3,(H,14,17). The maximum absolute atomic E-state index is 11.9. The minimum Gasteiger partial charge on any atom is -0.320 e. The van der Waals surface area contributed by atoms with Crippen molar-refractivity contribution in [3.8, 4) is 6.07 Å². The van der Waals surface area contributed by atoms with Gasteiger partial charge in [-0.15, -0.1) is 5.10 Å². The molecular weight excluding hydrogens is 316 g/mol. The molecule has 2 rings (SSSR count). The highest BCUT2D eigenvalue weighted by atomic mass is 79.9. The molecule has 18 heavy (non-hydrogen) atoms. The molecule has 1 N–H and O–H groups in total. The molecule has 0 aliphatic carbocycles. The molecule has 2 aromatic rings. The fourth-order valence-corrected chi connectivity index (χ4v) is 2.25. The Morgan fingerprint density at radius 2 is 2.33 bits per heavy atom. The van der Waals surface area contributed by atoms with Gasteiger partial charge in [0.15, 0.2) is 0 Å². The molecule has 0 fully saturated rings. The van der Waals surface area contributed by atoms with Crippen LogP contribution >= 0.6 is 27.5 Å². The van der Waals surface area contributed by atoms with Gasteiger partial charge in [-0.05, 0) is 36.7 Å². The van der Waals surface area contributed by atoms with Gasteiger partial charge in [0.05, 0.1) is 16.9 Å². The summed E-state index contributed by atoms with van der Waals surface area (Å²) < 4.78 is 4.48. The molecule has 1 heterocycles. The topological polar surface area (TPSA) is 78.7 Å². The normalized spacial score (nSPS) is 9.83.